The van der Waals surface area contributed by atoms with E-state index in [2.05, 4.69) is 15.4 Å². The molecule has 0 radical (unpaired) electrons. The molecule has 6 nitrogen and oxygen atoms in total. The minimum atomic E-state index is -1.68. The highest BCUT2D eigenvalue weighted by atomic mass is 35.5. The van der Waals surface area contributed by atoms with Crippen LogP contribution in [-0.2, 0) is 11.0 Å². The summed E-state index contributed by atoms with van der Waals surface area (Å²) >= 11 is 11.9. The van der Waals surface area contributed by atoms with Crippen molar-refractivity contribution in [2.75, 3.05) is 5.32 Å². The number of benzene rings is 1. The number of rotatable bonds is 4. The predicted molar refractivity (Wildman–Crippen MR) is 92.7 cm³/mol. The van der Waals surface area contributed by atoms with Crippen molar-refractivity contribution in [2.24, 2.45) is 0 Å². The topological polar surface area (TPSA) is 76.9 Å². The maximum atomic E-state index is 12.5. The third kappa shape index (κ3) is 3.64. The van der Waals surface area contributed by atoms with Gasteiger partial charge >= 0.3 is 0 Å². The summed E-state index contributed by atoms with van der Waals surface area (Å²) in [6.45, 7) is 0. The minimum absolute atomic E-state index is 0.268. The number of carbonyl (C=O) groups is 1. The quantitative estimate of drug-likeness (QED) is 0.752. The molecule has 0 saturated carbocycles. The Hall–Kier alpha value is -2.22. The van der Waals surface area contributed by atoms with E-state index in [0.717, 1.165) is 0 Å². The number of pyridine rings is 1. The molecule has 2 aromatic heterocycles. The van der Waals surface area contributed by atoms with Crippen LogP contribution in [0.3, 0.4) is 0 Å². The van der Waals surface area contributed by atoms with Gasteiger partial charge in [-0.15, -0.1) is 0 Å². The Morgan fingerprint density at radius 1 is 1.21 bits per heavy atom. The van der Waals surface area contributed by atoms with Gasteiger partial charge < -0.3 is 5.32 Å². The van der Waals surface area contributed by atoms with Crippen molar-refractivity contribution < 1.29 is 9.00 Å². The molecule has 1 aromatic carbocycles. The van der Waals surface area contributed by atoms with E-state index >= 15 is 0 Å². The van der Waals surface area contributed by atoms with Crippen LogP contribution in [-0.4, -0.2) is 24.3 Å². The lowest BCUT2D eigenvalue weighted by atomic mass is 10.3. The van der Waals surface area contributed by atoms with E-state index in [9.17, 15) is 9.00 Å². The summed E-state index contributed by atoms with van der Waals surface area (Å²) in [5.74, 6) is -0.387. The molecule has 24 heavy (non-hydrogen) atoms. The van der Waals surface area contributed by atoms with Gasteiger partial charge in [-0.3, -0.25) is 9.78 Å². The van der Waals surface area contributed by atoms with Gasteiger partial charge in [-0.05, 0) is 30.3 Å². The van der Waals surface area contributed by atoms with Crippen molar-refractivity contribution in [2.45, 2.75) is 4.90 Å². The zero-order chi connectivity index (χ0) is 17.1. The summed E-state index contributed by atoms with van der Waals surface area (Å²) in [7, 11) is -1.68. The normalized spacial score (nSPS) is 11.9. The Labute approximate surface area is 150 Å². The maximum absolute atomic E-state index is 12.5. The zero-order valence-electron chi connectivity index (χ0n) is 12.0. The Morgan fingerprint density at radius 2 is 2.04 bits per heavy atom. The smallest absolute Gasteiger partial charge is 0.274 e. The standard InChI is InChI=1S/C15H10Cl2N4O2S/c16-10-4-5-12(17)14(7-10)24(23)21-9-11(8-19-21)20-15(22)13-3-1-2-6-18-13/h1-9H,(H,20,22). The predicted octanol–water partition coefficient (Wildman–Crippen LogP) is 3.41. The largest absolute Gasteiger partial charge is 0.318 e. The van der Waals surface area contributed by atoms with Crippen LogP contribution in [0, 0.1) is 0 Å². The lowest BCUT2D eigenvalue weighted by Gasteiger charge is -2.04. The summed E-state index contributed by atoms with van der Waals surface area (Å²) in [5, 5.41) is 7.35. The molecule has 0 bridgehead atoms. The van der Waals surface area contributed by atoms with E-state index in [1.165, 1.54) is 28.7 Å². The van der Waals surface area contributed by atoms with Crippen molar-refractivity contribution in [3.05, 3.63) is 70.7 Å². The van der Waals surface area contributed by atoms with Crippen LogP contribution in [0.4, 0.5) is 5.69 Å². The maximum Gasteiger partial charge on any atom is 0.274 e. The monoisotopic (exact) mass is 380 g/mol. The molecule has 0 aliphatic carbocycles. The van der Waals surface area contributed by atoms with Crippen molar-refractivity contribution >= 4 is 45.8 Å². The Morgan fingerprint density at radius 3 is 2.79 bits per heavy atom. The molecular formula is C15H10Cl2N4O2S. The van der Waals surface area contributed by atoms with E-state index in [0.29, 0.717) is 20.6 Å². The first-order chi connectivity index (χ1) is 11.5. The first-order valence-corrected chi connectivity index (χ1v) is 8.55. The van der Waals surface area contributed by atoms with Crippen LogP contribution in [0.1, 0.15) is 10.5 Å². The van der Waals surface area contributed by atoms with Gasteiger partial charge in [0.1, 0.15) is 5.69 Å². The zero-order valence-corrected chi connectivity index (χ0v) is 14.3. The molecule has 0 saturated heterocycles. The van der Waals surface area contributed by atoms with Gasteiger partial charge in [0, 0.05) is 11.2 Å². The fraction of sp³-hybridized carbons (Fsp3) is 0. The average molecular weight is 381 g/mol. The number of carbonyl (C=O) groups excluding carboxylic acids is 1. The summed E-state index contributed by atoms with van der Waals surface area (Å²) < 4.78 is 13.7. The molecule has 3 rings (SSSR count). The van der Waals surface area contributed by atoms with E-state index < -0.39 is 11.0 Å². The lowest BCUT2D eigenvalue weighted by molar-refractivity contribution is 0.102. The summed E-state index contributed by atoms with van der Waals surface area (Å²) in [4.78, 5) is 16.3. The molecule has 1 N–H and O–H groups in total. The van der Waals surface area contributed by atoms with Crippen LogP contribution in [0.25, 0.3) is 0 Å². The summed E-state index contributed by atoms with van der Waals surface area (Å²) in [6.07, 6.45) is 4.35. The third-order valence-electron chi connectivity index (χ3n) is 2.97. The van der Waals surface area contributed by atoms with E-state index in [4.69, 9.17) is 23.2 Å². The first kappa shape index (κ1) is 16.6. The van der Waals surface area contributed by atoms with Crippen molar-refractivity contribution in [1.82, 2.24) is 14.2 Å². The van der Waals surface area contributed by atoms with E-state index in [1.807, 2.05) is 0 Å². The Kier molecular flexibility index (Phi) is 4.94. The van der Waals surface area contributed by atoms with Crippen LogP contribution in [0.15, 0.2) is 59.9 Å². The molecule has 1 amide bonds. The van der Waals surface area contributed by atoms with Gasteiger partial charge in [0.05, 0.1) is 28.0 Å². The molecule has 9 heteroatoms. The van der Waals surface area contributed by atoms with Crippen LogP contribution in [0.2, 0.25) is 10.0 Å². The molecular weight excluding hydrogens is 371 g/mol. The molecule has 3 aromatic rings. The Balaban J connectivity index is 1.79. The average Bonchev–Trinajstić information content (AvgIpc) is 3.05. The number of aromatic nitrogens is 3. The van der Waals surface area contributed by atoms with Crippen molar-refractivity contribution in [3.63, 3.8) is 0 Å². The number of nitrogens with zero attached hydrogens (tertiary/aromatic N) is 3. The van der Waals surface area contributed by atoms with Crippen LogP contribution < -0.4 is 5.32 Å². The second kappa shape index (κ2) is 7.12. The molecule has 122 valence electrons. The van der Waals surface area contributed by atoms with Gasteiger partial charge in [-0.25, -0.2) is 4.21 Å². The minimum Gasteiger partial charge on any atom is -0.318 e. The molecule has 0 aliphatic heterocycles. The van der Waals surface area contributed by atoms with Crippen LogP contribution >= 0.6 is 23.2 Å². The molecule has 0 aliphatic rings. The molecule has 0 spiro atoms. The van der Waals surface area contributed by atoms with Gasteiger partial charge in [-0.1, -0.05) is 29.3 Å². The second-order valence-corrected chi connectivity index (χ2v) is 6.78. The van der Waals surface area contributed by atoms with Gasteiger partial charge in [0.15, 0.2) is 11.0 Å². The molecule has 0 fully saturated rings. The number of hydrogen-bond donors (Lipinski definition) is 1. The number of anilines is 1. The van der Waals surface area contributed by atoms with Crippen molar-refractivity contribution in [1.29, 1.82) is 0 Å². The first-order valence-electron chi connectivity index (χ1n) is 6.69. The Bertz CT molecular complexity index is 915. The number of hydrogen-bond acceptors (Lipinski definition) is 4. The van der Waals surface area contributed by atoms with Crippen LogP contribution in [0.5, 0.6) is 0 Å². The molecule has 1 atom stereocenters. The summed E-state index contributed by atoms with van der Waals surface area (Å²) in [5.41, 5.74) is 0.654. The molecule has 1 unspecified atom stereocenters. The second-order valence-electron chi connectivity index (χ2n) is 4.62. The number of halogens is 2. The fourth-order valence-corrected chi connectivity index (χ4v) is 3.42. The number of nitrogens with one attached hydrogen (secondary N) is 1. The lowest BCUT2D eigenvalue weighted by Crippen LogP contribution is -2.13. The van der Waals surface area contributed by atoms with E-state index in [1.54, 1.807) is 30.3 Å². The molecule has 2 heterocycles. The number of amides is 1. The highest BCUT2D eigenvalue weighted by Crippen LogP contribution is 2.24. The fourth-order valence-electron chi connectivity index (χ4n) is 1.86. The van der Waals surface area contributed by atoms with Gasteiger partial charge in [0.25, 0.3) is 5.91 Å². The van der Waals surface area contributed by atoms with E-state index in [-0.39, 0.29) is 11.6 Å². The SMILES string of the molecule is O=C(Nc1cnn(S(=O)c2cc(Cl)ccc2Cl)c1)c1ccccn1. The third-order valence-corrected chi connectivity index (χ3v) is 4.90. The highest BCUT2D eigenvalue weighted by Gasteiger charge is 2.14. The highest BCUT2D eigenvalue weighted by molar-refractivity contribution is 7.83. The summed E-state index contributed by atoms with van der Waals surface area (Å²) in [6, 6.07) is 9.68. The van der Waals surface area contributed by atoms with Crippen molar-refractivity contribution in [3.8, 4) is 0 Å². The van der Waals surface area contributed by atoms with Gasteiger partial charge in [0.2, 0.25) is 0 Å². The van der Waals surface area contributed by atoms with Gasteiger partial charge in [-0.2, -0.15) is 9.19 Å².